The summed E-state index contributed by atoms with van der Waals surface area (Å²) in [7, 11) is 2.14. The van der Waals surface area contributed by atoms with E-state index in [1.807, 2.05) is 18.2 Å². The van der Waals surface area contributed by atoms with Crippen molar-refractivity contribution in [3.05, 3.63) is 59.4 Å². The Hall–Kier alpha value is -3.52. The van der Waals surface area contributed by atoms with Gasteiger partial charge < -0.3 is 24.6 Å². The zero-order valence-corrected chi connectivity index (χ0v) is 25.1. The predicted octanol–water partition coefficient (Wildman–Crippen LogP) is 3.82. The molecule has 2 atom stereocenters. The highest BCUT2D eigenvalue weighted by Gasteiger charge is 2.31. The number of halogens is 1. The molecule has 2 heterocycles. The number of nitrogens with one attached hydrogen (secondary N) is 1. The van der Waals surface area contributed by atoms with Gasteiger partial charge in [0.05, 0.1) is 12.6 Å². The van der Waals surface area contributed by atoms with Crippen molar-refractivity contribution in [2.45, 2.75) is 57.9 Å². The normalized spacial score (nSPS) is 19.4. The number of carbonyl (C=O) groups excluding carboxylic acids is 2. The van der Waals surface area contributed by atoms with E-state index in [-0.39, 0.29) is 13.0 Å². The quantitative estimate of drug-likeness (QED) is 0.533. The second-order valence-electron chi connectivity index (χ2n) is 12.1. The van der Waals surface area contributed by atoms with Crippen LogP contribution in [0.25, 0.3) is 11.1 Å². The summed E-state index contributed by atoms with van der Waals surface area (Å²) >= 11 is 0. The van der Waals surface area contributed by atoms with Crippen molar-refractivity contribution in [1.29, 1.82) is 5.26 Å². The molecule has 9 nitrogen and oxygen atoms in total. The summed E-state index contributed by atoms with van der Waals surface area (Å²) in [6, 6.07) is 14.2. The maximum absolute atomic E-state index is 15.2. The van der Waals surface area contributed by atoms with Gasteiger partial charge in [0.2, 0.25) is 0 Å². The van der Waals surface area contributed by atoms with Gasteiger partial charge in [-0.05, 0) is 62.6 Å². The van der Waals surface area contributed by atoms with E-state index in [4.69, 9.17) is 9.47 Å². The highest BCUT2D eigenvalue weighted by molar-refractivity contribution is 5.82. The minimum Gasteiger partial charge on any atom is -0.444 e. The Kier molecular flexibility index (Phi) is 10.5. The van der Waals surface area contributed by atoms with E-state index in [9.17, 15) is 14.9 Å². The average Bonchev–Trinajstić information content (AvgIpc) is 3.21. The van der Waals surface area contributed by atoms with Gasteiger partial charge in [-0.2, -0.15) is 5.26 Å². The van der Waals surface area contributed by atoms with Crippen LogP contribution in [0.1, 0.15) is 38.3 Å². The smallest absolute Gasteiger partial charge is 0.410 e. The van der Waals surface area contributed by atoms with Gasteiger partial charge in [-0.15, -0.1) is 0 Å². The van der Waals surface area contributed by atoms with Gasteiger partial charge in [0, 0.05) is 52.3 Å². The molecule has 1 N–H and O–H groups in total. The summed E-state index contributed by atoms with van der Waals surface area (Å²) in [6.07, 6.45) is -0.918. The maximum atomic E-state index is 15.2. The third kappa shape index (κ3) is 8.99. The van der Waals surface area contributed by atoms with Crippen LogP contribution in [-0.4, -0.2) is 97.4 Å². The summed E-state index contributed by atoms with van der Waals surface area (Å²) in [5, 5.41) is 12.4. The molecule has 0 spiro atoms. The molecular formula is C32H42FN5O4. The van der Waals surface area contributed by atoms with Crippen LogP contribution >= 0.6 is 0 Å². The number of ether oxygens (including phenoxy) is 2. The third-order valence-electron chi connectivity index (χ3n) is 7.46. The van der Waals surface area contributed by atoms with Crippen molar-refractivity contribution >= 4 is 12.0 Å². The number of nitrogens with zero attached hydrogens (tertiary/aromatic N) is 4. The number of carbonyl (C=O) groups is 2. The van der Waals surface area contributed by atoms with Crippen LogP contribution < -0.4 is 5.32 Å². The van der Waals surface area contributed by atoms with Crippen LogP contribution in [0.4, 0.5) is 9.18 Å². The van der Waals surface area contributed by atoms with E-state index in [2.05, 4.69) is 40.4 Å². The standard InChI is InChI=1S/C32H42FN5O4/c1-32(2,3)42-31(40)38-12-5-17-41-29(22-38)30(39)35-27(20-34)18-26-11-10-25(19-28(26)33)24-8-6-23(7-9-24)21-37-15-13-36(4)14-16-37/h6-11,19,27,29H,5,12-18,21-22H2,1-4H3,(H,35,39)/t27-,29?/m0/s1. The topological polar surface area (TPSA) is 98.1 Å². The summed E-state index contributed by atoms with van der Waals surface area (Å²) in [5.74, 6) is -0.962. The van der Waals surface area contributed by atoms with Gasteiger partial charge in [0.1, 0.15) is 17.5 Å². The van der Waals surface area contributed by atoms with Crippen molar-refractivity contribution in [3.63, 3.8) is 0 Å². The minimum absolute atomic E-state index is 0.000808. The summed E-state index contributed by atoms with van der Waals surface area (Å²) in [4.78, 5) is 31.8. The zero-order valence-electron chi connectivity index (χ0n) is 25.1. The molecule has 2 amide bonds. The third-order valence-corrected chi connectivity index (χ3v) is 7.46. The van der Waals surface area contributed by atoms with Gasteiger partial charge in [-0.3, -0.25) is 9.69 Å². The average molecular weight is 580 g/mol. The van der Waals surface area contributed by atoms with E-state index in [1.165, 1.54) is 16.5 Å². The number of nitriles is 1. The van der Waals surface area contributed by atoms with Crippen LogP contribution in [0, 0.1) is 17.1 Å². The van der Waals surface area contributed by atoms with E-state index >= 15 is 4.39 Å². The van der Waals surface area contributed by atoms with Crippen molar-refractivity contribution in [3.8, 4) is 17.2 Å². The predicted molar refractivity (Wildman–Crippen MR) is 158 cm³/mol. The summed E-state index contributed by atoms with van der Waals surface area (Å²) in [6.45, 7) is 11.2. The molecule has 4 rings (SSSR count). The van der Waals surface area contributed by atoms with Gasteiger partial charge in [-0.1, -0.05) is 36.4 Å². The van der Waals surface area contributed by atoms with Crippen LogP contribution in [0.15, 0.2) is 42.5 Å². The first kappa shape index (κ1) is 31.4. The van der Waals surface area contributed by atoms with Crippen LogP contribution in [0.3, 0.4) is 0 Å². The molecule has 226 valence electrons. The highest BCUT2D eigenvalue weighted by Crippen LogP contribution is 2.24. The second-order valence-corrected chi connectivity index (χ2v) is 12.1. The Morgan fingerprint density at radius 3 is 2.43 bits per heavy atom. The lowest BCUT2D eigenvalue weighted by atomic mass is 9.99. The minimum atomic E-state index is -0.964. The largest absolute Gasteiger partial charge is 0.444 e. The van der Waals surface area contributed by atoms with Crippen LogP contribution in [0.2, 0.25) is 0 Å². The molecule has 0 radical (unpaired) electrons. The maximum Gasteiger partial charge on any atom is 0.410 e. The number of hydrogen-bond acceptors (Lipinski definition) is 7. The molecule has 2 saturated heterocycles. The molecule has 10 heteroatoms. The van der Waals surface area contributed by atoms with E-state index in [0.717, 1.165) is 43.9 Å². The second kappa shape index (κ2) is 14.1. The molecule has 2 aromatic rings. The van der Waals surface area contributed by atoms with E-state index in [1.54, 1.807) is 26.8 Å². The van der Waals surface area contributed by atoms with E-state index < -0.39 is 35.6 Å². The fourth-order valence-corrected chi connectivity index (χ4v) is 5.05. The highest BCUT2D eigenvalue weighted by atomic mass is 19.1. The molecule has 0 aromatic heterocycles. The monoisotopic (exact) mass is 579 g/mol. The van der Waals surface area contributed by atoms with Crippen molar-refractivity contribution < 1.29 is 23.5 Å². The molecule has 0 saturated carbocycles. The Balaban J connectivity index is 1.34. The van der Waals surface area contributed by atoms with Gasteiger partial charge in [0.15, 0.2) is 6.10 Å². The summed E-state index contributed by atoms with van der Waals surface area (Å²) in [5.41, 5.74) is 2.54. The van der Waals surface area contributed by atoms with E-state index in [0.29, 0.717) is 25.1 Å². The van der Waals surface area contributed by atoms with Crippen LogP contribution in [0.5, 0.6) is 0 Å². The van der Waals surface area contributed by atoms with Crippen molar-refractivity contribution in [2.75, 3.05) is 52.9 Å². The first-order chi connectivity index (χ1) is 20.0. The lowest BCUT2D eigenvalue weighted by Gasteiger charge is -2.32. The molecular weight excluding hydrogens is 537 g/mol. The SMILES string of the molecule is CN1CCN(Cc2ccc(-c3ccc(C[C@@H](C#N)NC(=O)C4CN(C(=O)OC(C)(C)C)CCCO4)c(F)c3)cc2)CC1. The van der Waals surface area contributed by atoms with Gasteiger partial charge in [0.25, 0.3) is 5.91 Å². The summed E-state index contributed by atoms with van der Waals surface area (Å²) < 4.78 is 26.3. The molecule has 2 aromatic carbocycles. The Bertz CT molecular complexity index is 1270. The number of hydrogen-bond donors (Lipinski definition) is 1. The molecule has 2 fully saturated rings. The zero-order chi connectivity index (χ0) is 30.3. The molecule has 0 bridgehead atoms. The number of rotatable bonds is 7. The Morgan fingerprint density at radius 2 is 1.79 bits per heavy atom. The number of likely N-dealkylation sites (N-methyl/N-ethyl adjacent to an activating group) is 1. The first-order valence-corrected chi connectivity index (χ1v) is 14.6. The number of piperazine rings is 1. The van der Waals surface area contributed by atoms with Crippen molar-refractivity contribution in [1.82, 2.24) is 20.0 Å². The van der Waals surface area contributed by atoms with Gasteiger partial charge in [-0.25, -0.2) is 9.18 Å². The van der Waals surface area contributed by atoms with Crippen molar-refractivity contribution in [2.24, 2.45) is 0 Å². The molecule has 2 aliphatic rings. The first-order valence-electron chi connectivity index (χ1n) is 14.6. The fourth-order valence-electron chi connectivity index (χ4n) is 5.05. The Morgan fingerprint density at radius 1 is 1.10 bits per heavy atom. The fraction of sp³-hybridized carbons (Fsp3) is 0.531. The van der Waals surface area contributed by atoms with Gasteiger partial charge >= 0.3 is 6.09 Å². The lowest BCUT2D eigenvalue weighted by Crippen LogP contribution is -2.48. The molecule has 0 aliphatic carbocycles. The Labute approximate surface area is 248 Å². The number of benzene rings is 2. The molecule has 2 aliphatic heterocycles. The van der Waals surface area contributed by atoms with Crippen LogP contribution in [-0.2, 0) is 27.2 Å². The molecule has 1 unspecified atom stereocenters. The molecule has 42 heavy (non-hydrogen) atoms. The lowest BCUT2D eigenvalue weighted by molar-refractivity contribution is -0.133. The number of amides is 2.